The number of halogens is 1. The lowest BCUT2D eigenvalue weighted by Gasteiger charge is -2.19. The van der Waals surface area contributed by atoms with Gasteiger partial charge >= 0.3 is 6.03 Å². The minimum Gasteiger partial charge on any atom is -0.282 e. The zero-order chi connectivity index (χ0) is 19.1. The molecule has 1 atom stereocenters. The minimum atomic E-state index is -0.670. The number of fused-ring (bicyclic) bond motifs is 1. The summed E-state index contributed by atoms with van der Waals surface area (Å²) in [4.78, 5) is 37.2. The fourth-order valence-corrected chi connectivity index (χ4v) is 3.23. The fourth-order valence-electron chi connectivity index (χ4n) is 3.23. The Labute approximate surface area is 155 Å². The summed E-state index contributed by atoms with van der Waals surface area (Å²) in [6.07, 6.45) is 0. The molecular weight excluding hydrogens is 347 g/mol. The van der Waals surface area contributed by atoms with Crippen LogP contribution in [0.4, 0.5) is 14.9 Å². The fraction of sp³-hybridized carbons (Fsp3) is 0.200. The van der Waals surface area contributed by atoms with Crippen molar-refractivity contribution in [2.75, 3.05) is 4.90 Å². The molecular formula is C20H17FN4O2. The van der Waals surface area contributed by atoms with Gasteiger partial charge in [-0.15, -0.1) is 0 Å². The van der Waals surface area contributed by atoms with E-state index in [0.29, 0.717) is 22.6 Å². The molecule has 0 radical (unpaired) electrons. The summed E-state index contributed by atoms with van der Waals surface area (Å²) in [5.41, 5.74) is 3.19. The molecule has 27 heavy (non-hydrogen) atoms. The van der Waals surface area contributed by atoms with Gasteiger partial charge in [0.2, 0.25) is 0 Å². The average molecular weight is 364 g/mol. The third kappa shape index (κ3) is 2.91. The Morgan fingerprint density at radius 2 is 1.63 bits per heavy atom. The molecule has 1 unspecified atom stereocenters. The van der Waals surface area contributed by atoms with E-state index in [2.05, 4.69) is 9.97 Å². The largest absolute Gasteiger partial charge is 0.332 e. The second-order valence-electron chi connectivity index (χ2n) is 6.47. The van der Waals surface area contributed by atoms with Crippen molar-refractivity contribution in [1.82, 2.24) is 14.9 Å². The molecule has 0 aliphatic carbocycles. The second-order valence-corrected chi connectivity index (χ2v) is 6.47. The highest BCUT2D eigenvalue weighted by atomic mass is 19.1. The summed E-state index contributed by atoms with van der Waals surface area (Å²) in [5, 5.41) is 0. The van der Waals surface area contributed by atoms with Gasteiger partial charge in [0.25, 0.3) is 5.91 Å². The van der Waals surface area contributed by atoms with Crippen molar-refractivity contribution in [1.29, 1.82) is 0 Å². The first-order chi connectivity index (χ1) is 13.0. The number of hydrogen-bond donors (Lipinski definition) is 0. The molecule has 0 N–H and O–H groups in total. The van der Waals surface area contributed by atoms with Crippen molar-refractivity contribution in [3.63, 3.8) is 0 Å². The zero-order valence-corrected chi connectivity index (χ0v) is 14.9. The van der Waals surface area contributed by atoms with Gasteiger partial charge < -0.3 is 0 Å². The number of carbonyl (C=O) groups excluding carboxylic acids is 2. The van der Waals surface area contributed by atoms with Crippen molar-refractivity contribution in [2.24, 2.45) is 0 Å². The van der Waals surface area contributed by atoms with Crippen LogP contribution >= 0.6 is 0 Å². The van der Waals surface area contributed by atoms with Gasteiger partial charge in [-0.3, -0.25) is 14.6 Å². The number of imide groups is 1. The van der Waals surface area contributed by atoms with Gasteiger partial charge in [0.1, 0.15) is 11.9 Å². The number of anilines is 1. The first-order valence-electron chi connectivity index (χ1n) is 8.58. The third-order valence-electron chi connectivity index (χ3n) is 4.70. The molecule has 6 nitrogen and oxygen atoms in total. The number of nitrogens with zero attached hydrogens (tertiary/aromatic N) is 4. The lowest BCUT2D eigenvalue weighted by atomic mass is 10.2. The highest BCUT2D eigenvalue weighted by Gasteiger charge is 2.43. The van der Waals surface area contributed by atoms with Crippen LogP contribution in [0.5, 0.6) is 0 Å². The lowest BCUT2D eigenvalue weighted by molar-refractivity contribution is -0.127. The Bertz CT molecular complexity index is 1050. The lowest BCUT2D eigenvalue weighted by Crippen LogP contribution is -2.34. The van der Waals surface area contributed by atoms with Crippen molar-refractivity contribution in [3.8, 4) is 0 Å². The summed E-state index contributed by atoms with van der Waals surface area (Å²) in [5.74, 6) is -0.720. The van der Waals surface area contributed by atoms with E-state index < -0.39 is 17.9 Å². The summed E-state index contributed by atoms with van der Waals surface area (Å²) in [6.45, 7) is 3.51. The standard InChI is InChI=1S/C20H17FN4O2/c1-12-18(23-17-6-4-3-5-16(17)22-12)11-24-19(26)13(2)25(20(24)27)15-9-7-14(21)8-10-15/h3-10,13H,11H2,1-2H3. The van der Waals surface area contributed by atoms with Gasteiger partial charge in [-0.1, -0.05) is 12.1 Å². The van der Waals surface area contributed by atoms with Gasteiger partial charge in [-0.05, 0) is 50.2 Å². The number of benzene rings is 2. The molecule has 0 bridgehead atoms. The first-order valence-corrected chi connectivity index (χ1v) is 8.58. The maximum atomic E-state index is 13.2. The number of aromatic nitrogens is 2. The van der Waals surface area contributed by atoms with Gasteiger partial charge in [-0.25, -0.2) is 19.2 Å². The van der Waals surface area contributed by atoms with Gasteiger partial charge in [-0.2, -0.15) is 0 Å². The van der Waals surface area contributed by atoms with Crippen molar-refractivity contribution < 1.29 is 14.0 Å². The normalized spacial score (nSPS) is 17.2. The second kappa shape index (κ2) is 6.42. The Morgan fingerprint density at radius 3 is 2.30 bits per heavy atom. The molecule has 0 saturated carbocycles. The SMILES string of the molecule is Cc1nc2ccccc2nc1CN1C(=O)C(C)N(c2ccc(F)cc2)C1=O. The van der Waals surface area contributed by atoms with Gasteiger partial charge in [0, 0.05) is 5.69 Å². The van der Waals surface area contributed by atoms with E-state index in [1.54, 1.807) is 13.8 Å². The smallest absolute Gasteiger partial charge is 0.282 e. The molecule has 2 heterocycles. The number of para-hydroxylation sites is 2. The summed E-state index contributed by atoms with van der Waals surface area (Å²) >= 11 is 0. The molecule has 1 saturated heterocycles. The molecule has 1 aromatic heterocycles. The van der Waals surface area contributed by atoms with Crippen LogP contribution in [0.15, 0.2) is 48.5 Å². The van der Waals surface area contributed by atoms with Crippen LogP contribution in [0.3, 0.4) is 0 Å². The highest BCUT2D eigenvalue weighted by Crippen LogP contribution is 2.27. The number of aryl methyl sites for hydroxylation is 1. The Balaban J connectivity index is 1.66. The molecule has 136 valence electrons. The van der Waals surface area contributed by atoms with E-state index in [9.17, 15) is 14.0 Å². The molecule has 0 spiro atoms. The quantitative estimate of drug-likeness (QED) is 0.668. The summed E-state index contributed by atoms with van der Waals surface area (Å²) in [7, 11) is 0. The monoisotopic (exact) mass is 364 g/mol. The molecule has 4 rings (SSSR count). The molecule has 3 aromatic rings. The number of carbonyl (C=O) groups is 2. The zero-order valence-electron chi connectivity index (χ0n) is 14.9. The van der Waals surface area contributed by atoms with Crippen LogP contribution in [-0.2, 0) is 11.3 Å². The average Bonchev–Trinajstić information content (AvgIpc) is 2.86. The highest BCUT2D eigenvalue weighted by molar-refractivity contribution is 6.13. The van der Waals surface area contributed by atoms with E-state index in [0.717, 1.165) is 5.52 Å². The topological polar surface area (TPSA) is 66.4 Å². The molecule has 1 aliphatic rings. The number of urea groups is 1. The van der Waals surface area contributed by atoms with Crippen LogP contribution < -0.4 is 4.90 Å². The van der Waals surface area contributed by atoms with Crippen LogP contribution in [0.2, 0.25) is 0 Å². The molecule has 7 heteroatoms. The Morgan fingerprint density at radius 1 is 1.00 bits per heavy atom. The summed E-state index contributed by atoms with van der Waals surface area (Å²) < 4.78 is 13.2. The maximum Gasteiger partial charge on any atom is 0.332 e. The van der Waals surface area contributed by atoms with Gasteiger partial charge in [0.15, 0.2) is 0 Å². The van der Waals surface area contributed by atoms with Crippen LogP contribution in [0.25, 0.3) is 11.0 Å². The molecule has 1 aliphatic heterocycles. The molecule has 1 fully saturated rings. The van der Waals surface area contributed by atoms with E-state index in [-0.39, 0.29) is 12.5 Å². The Hall–Kier alpha value is -3.35. The molecule has 3 amide bonds. The van der Waals surface area contributed by atoms with Gasteiger partial charge in [0.05, 0.1) is 29.0 Å². The van der Waals surface area contributed by atoms with Crippen LogP contribution in [0.1, 0.15) is 18.3 Å². The van der Waals surface area contributed by atoms with E-state index in [1.807, 2.05) is 24.3 Å². The minimum absolute atomic E-state index is 0.0450. The third-order valence-corrected chi connectivity index (χ3v) is 4.70. The number of hydrogen-bond acceptors (Lipinski definition) is 4. The maximum absolute atomic E-state index is 13.2. The van der Waals surface area contributed by atoms with Crippen molar-refractivity contribution in [3.05, 3.63) is 65.7 Å². The van der Waals surface area contributed by atoms with Crippen molar-refractivity contribution in [2.45, 2.75) is 26.4 Å². The molecule has 2 aromatic carbocycles. The van der Waals surface area contributed by atoms with Crippen molar-refractivity contribution >= 4 is 28.7 Å². The first kappa shape index (κ1) is 17.1. The predicted molar refractivity (Wildman–Crippen MR) is 98.6 cm³/mol. The van der Waals surface area contributed by atoms with E-state index >= 15 is 0 Å². The number of amides is 3. The Kier molecular flexibility index (Phi) is 4.07. The predicted octanol–water partition coefficient (Wildman–Crippen LogP) is 3.43. The summed E-state index contributed by atoms with van der Waals surface area (Å²) in [6, 6.07) is 11.8. The van der Waals surface area contributed by atoms with E-state index in [4.69, 9.17) is 0 Å². The van der Waals surface area contributed by atoms with Crippen LogP contribution in [0, 0.1) is 12.7 Å². The van der Waals surface area contributed by atoms with E-state index in [1.165, 1.54) is 34.1 Å². The van der Waals surface area contributed by atoms with Crippen LogP contribution in [-0.4, -0.2) is 32.8 Å². The number of rotatable bonds is 3.